The van der Waals surface area contributed by atoms with Gasteiger partial charge < -0.3 is 5.11 Å². The molecule has 0 aromatic rings. The van der Waals surface area contributed by atoms with Gasteiger partial charge in [0.2, 0.25) is 0 Å². The van der Waals surface area contributed by atoms with Crippen molar-refractivity contribution in [2.75, 3.05) is 0 Å². The van der Waals surface area contributed by atoms with Gasteiger partial charge >= 0.3 is 29.6 Å². The van der Waals surface area contributed by atoms with Gasteiger partial charge in [-0.3, -0.25) is 0 Å². The first-order valence-electron chi connectivity index (χ1n) is 1.70. The van der Waals surface area contributed by atoms with Crippen LogP contribution in [0, 0.1) is 0 Å². The first kappa shape index (κ1) is 16.3. The molecule has 0 aliphatic rings. The van der Waals surface area contributed by atoms with E-state index in [1.165, 1.54) is 0 Å². The van der Waals surface area contributed by atoms with Crippen molar-refractivity contribution in [3.05, 3.63) is 0 Å². The van der Waals surface area contributed by atoms with Gasteiger partial charge in [0, 0.05) is 51.4 Å². The second kappa shape index (κ2) is 6.71. The van der Waals surface area contributed by atoms with Crippen LogP contribution in [-0.2, 0) is 0 Å². The molecule has 0 saturated heterocycles. The second-order valence-electron chi connectivity index (χ2n) is 2.11. The van der Waals surface area contributed by atoms with Crippen LogP contribution < -0.4 is 34.7 Å². The SMILES string of the molecule is CC(C)(C)[O-].[K].[Na+]. The summed E-state index contributed by atoms with van der Waals surface area (Å²) in [6, 6.07) is 0. The van der Waals surface area contributed by atoms with E-state index in [0.29, 0.717) is 0 Å². The number of hydrogen-bond donors (Lipinski definition) is 0. The summed E-state index contributed by atoms with van der Waals surface area (Å²) in [6.07, 6.45) is 0. The van der Waals surface area contributed by atoms with E-state index in [9.17, 15) is 5.11 Å². The Bertz CT molecular complexity index is 27.2. The van der Waals surface area contributed by atoms with Crippen molar-refractivity contribution in [3.63, 3.8) is 0 Å². The fraction of sp³-hybridized carbons (Fsp3) is 1.00. The standard InChI is InChI=1S/C4H9O.K.Na/c1-4(2,3)5;;/h1-3H3;;/q-1;;+1. The molecule has 0 aromatic heterocycles. The normalized spacial score (nSPS) is 8.57. The molecule has 0 amide bonds. The van der Waals surface area contributed by atoms with Crippen molar-refractivity contribution in [2.45, 2.75) is 26.4 Å². The summed E-state index contributed by atoms with van der Waals surface area (Å²) in [5, 5.41) is 10.1. The summed E-state index contributed by atoms with van der Waals surface area (Å²) in [6.45, 7) is 4.90. The van der Waals surface area contributed by atoms with Crippen LogP contribution in [0.1, 0.15) is 20.8 Å². The molecule has 1 radical (unpaired) electrons. The van der Waals surface area contributed by atoms with Crippen LogP contribution in [0.15, 0.2) is 0 Å². The minimum absolute atomic E-state index is 0. The van der Waals surface area contributed by atoms with Crippen LogP contribution in [0.3, 0.4) is 0 Å². The van der Waals surface area contributed by atoms with Crippen molar-refractivity contribution >= 4 is 51.4 Å². The molecule has 0 bridgehead atoms. The molecule has 0 spiro atoms. The first-order valence-corrected chi connectivity index (χ1v) is 1.70. The van der Waals surface area contributed by atoms with Gasteiger partial charge in [-0.2, -0.15) is 0 Å². The molecule has 3 heteroatoms. The third kappa shape index (κ3) is 55.5. The van der Waals surface area contributed by atoms with E-state index in [2.05, 4.69) is 0 Å². The molecule has 0 aromatic carbocycles. The van der Waals surface area contributed by atoms with E-state index >= 15 is 0 Å². The Balaban J connectivity index is -0.0000000800. The first-order chi connectivity index (χ1) is 2.00. The number of hydrogen-bond acceptors (Lipinski definition) is 1. The molecule has 7 heavy (non-hydrogen) atoms. The molecule has 0 fully saturated rings. The van der Waals surface area contributed by atoms with E-state index in [1.807, 2.05) is 0 Å². The smallest absolute Gasteiger partial charge is 0.850 e. The topological polar surface area (TPSA) is 23.1 Å². The Morgan fingerprint density at radius 3 is 1.14 bits per heavy atom. The Labute approximate surface area is 110 Å². The van der Waals surface area contributed by atoms with Gasteiger partial charge in [-0.15, -0.1) is 5.60 Å². The maximum absolute atomic E-state index is 10.1. The minimum Gasteiger partial charge on any atom is -0.850 e. The summed E-state index contributed by atoms with van der Waals surface area (Å²) < 4.78 is 0. The van der Waals surface area contributed by atoms with Crippen LogP contribution in [0.5, 0.6) is 0 Å². The fourth-order valence-corrected chi connectivity index (χ4v) is 0. The van der Waals surface area contributed by atoms with Crippen LogP contribution >= 0.6 is 0 Å². The average Bonchev–Trinajstić information content (AvgIpc) is 0.722. The molecule has 0 aliphatic carbocycles. The van der Waals surface area contributed by atoms with Crippen LogP contribution in [0.4, 0.5) is 0 Å². The van der Waals surface area contributed by atoms with Gasteiger partial charge in [0.25, 0.3) is 0 Å². The van der Waals surface area contributed by atoms with Gasteiger partial charge in [-0.25, -0.2) is 0 Å². The fourth-order valence-electron chi connectivity index (χ4n) is 0. The maximum Gasteiger partial charge on any atom is 1.00 e. The zero-order valence-electron chi connectivity index (χ0n) is 5.91. The van der Waals surface area contributed by atoms with Crippen LogP contribution in [0.2, 0.25) is 0 Å². The molecular formula is C4H9KNaO. The van der Waals surface area contributed by atoms with Crippen molar-refractivity contribution < 1.29 is 34.7 Å². The monoisotopic (exact) mass is 135 g/mol. The minimum atomic E-state index is -0.750. The Morgan fingerprint density at radius 1 is 1.14 bits per heavy atom. The van der Waals surface area contributed by atoms with E-state index in [-0.39, 0.29) is 80.9 Å². The molecule has 0 saturated carbocycles. The molecule has 1 nitrogen and oxygen atoms in total. The van der Waals surface area contributed by atoms with Crippen molar-refractivity contribution in [2.24, 2.45) is 0 Å². The average molecular weight is 135 g/mol. The van der Waals surface area contributed by atoms with Gasteiger partial charge in [-0.05, 0) is 0 Å². The third-order valence-electron chi connectivity index (χ3n) is 0. The van der Waals surface area contributed by atoms with E-state index in [0.717, 1.165) is 0 Å². The van der Waals surface area contributed by atoms with Gasteiger partial charge in [-0.1, -0.05) is 20.8 Å². The zero-order valence-corrected chi connectivity index (χ0v) is 11.0. The summed E-state index contributed by atoms with van der Waals surface area (Å²) in [7, 11) is 0. The number of rotatable bonds is 0. The Hall–Kier alpha value is 2.60. The maximum atomic E-state index is 10.1. The molecule has 0 aliphatic heterocycles. The molecule has 33 valence electrons. The summed E-state index contributed by atoms with van der Waals surface area (Å²) in [5.41, 5.74) is -0.750. The van der Waals surface area contributed by atoms with Crippen LogP contribution in [-0.4, -0.2) is 57.0 Å². The van der Waals surface area contributed by atoms with Gasteiger partial charge in [0.05, 0.1) is 0 Å². The van der Waals surface area contributed by atoms with Gasteiger partial charge in [0.15, 0.2) is 0 Å². The van der Waals surface area contributed by atoms with E-state index in [1.54, 1.807) is 20.8 Å². The van der Waals surface area contributed by atoms with E-state index < -0.39 is 5.60 Å². The Kier molecular flexibility index (Phi) is 15.6. The van der Waals surface area contributed by atoms with Crippen LogP contribution in [0.25, 0.3) is 0 Å². The summed E-state index contributed by atoms with van der Waals surface area (Å²) >= 11 is 0. The quantitative estimate of drug-likeness (QED) is 0.320. The largest absolute Gasteiger partial charge is 1.00 e. The summed E-state index contributed by atoms with van der Waals surface area (Å²) in [5.74, 6) is 0. The Morgan fingerprint density at radius 2 is 1.14 bits per heavy atom. The molecule has 0 heterocycles. The molecule has 0 N–H and O–H groups in total. The summed E-state index contributed by atoms with van der Waals surface area (Å²) in [4.78, 5) is 0. The third-order valence-corrected chi connectivity index (χ3v) is 0. The second-order valence-corrected chi connectivity index (χ2v) is 2.11. The zero-order chi connectivity index (χ0) is 4.50. The van der Waals surface area contributed by atoms with E-state index in [4.69, 9.17) is 0 Å². The van der Waals surface area contributed by atoms with Crippen molar-refractivity contribution in [3.8, 4) is 0 Å². The van der Waals surface area contributed by atoms with Crippen molar-refractivity contribution in [1.29, 1.82) is 0 Å². The molecule has 0 rings (SSSR count). The molecule has 0 unspecified atom stereocenters. The predicted octanol–water partition coefficient (Wildman–Crippen LogP) is -3.23. The van der Waals surface area contributed by atoms with Gasteiger partial charge in [0.1, 0.15) is 0 Å². The molecule has 0 atom stereocenters. The van der Waals surface area contributed by atoms with Crippen molar-refractivity contribution in [1.82, 2.24) is 0 Å². The predicted molar refractivity (Wildman–Crippen MR) is 25.5 cm³/mol. The molecular weight excluding hydrogens is 126 g/mol.